The van der Waals surface area contributed by atoms with Crippen molar-refractivity contribution >= 4 is 23.5 Å². The molecular weight excluding hydrogens is 431 g/mol. The van der Waals surface area contributed by atoms with Crippen molar-refractivity contribution in [2.75, 3.05) is 23.0 Å². The fourth-order valence-corrected chi connectivity index (χ4v) is 6.51. The first-order chi connectivity index (χ1) is 15.5. The third-order valence-electron chi connectivity index (χ3n) is 6.72. The van der Waals surface area contributed by atoms with Crippen LogP contribution >= 0.6 is 11.8 Å². The fraction of sp³-hybridized carbons (Fsp3) is 0.364. The second kappa shape index (κ2) is 7.28. The Bertz CT molecular complexity index is 1160. The van der Waals surface area contributed by atoms with Crippen molar-refractivity contribution < 1.29 is 13.9 Å². The van der Waals surface area contributed by atoms with Crippen LogP contribution in [-0.2, 0) is 16.8 Å². The summed E-state index contributed by atoms with van der Waals surface area (Å²) in [5.74, 6) is 2.73. The van der Waals surface area contributed by atoms with Gasteiger partial charge in [0.2, 0.25) is 0 Å². The molecule has 10 heteroatoms. The molecule has 1 amide bonds. The van der Waals surface area contributed by atoms with E-state index >= 15 is 0 Å². The van der Waals surface area contributed by atoms with Crippen molar-refractivity contribution in [2.24, 2.45) is 17.6 Å². The number of ether oxygens (including phenoxy) is 1. The van der Waals surface area contributed by atoms with E-state index in [1.54, 1.807) is 35.4 Å². The molecule has 0 spiro atoms. The number of fused-ring (bicyclic) bond motifs is 1. The Balaban J connectivity index is 1.19. The van der Waals surface area contributed by atoms with E-state index in [1.165, 1.54) is 11.0 Å². The molecule has 4 heterocycles. The smallest absolute Gasteiger partial charge is 0.414 e. The summed E-state index contributed by atoms with van der Waals surface area (Å²) >= 11 is 1.94. The molecule has 4 atom stereocenters. The predicted molar refractivity (Wildman–Crippen MR) is 117 cm³/mol. The number of nitrogens with zero attached hydrogens (tertiary/aromatic N) is 5. The lowest BCUT2D eigenvalue weighted by Gasteiger charge is -2.16. The van der Waals surface area contributed by atoms with Gasteiger partial charge in [-0.1, -0.05) is 11.3 Å². The Labute approximate surface area is 187 Å². The van der Waals surface area contributed by atoms with E-state index in [4.69, 9.17) is 10.5 Å². The summed E-state index contributed by atoms with van der Waals surface area (Å²) in [6.45, 7) is 0.705. The van der Waals surface area contributed by atoms with E-state index in [0.717, 1.165) is 17.2 Å². The minimum Gasteiger partial charge on any atom is -0.442 e. The summed E-state index contributed by atoms with van der Waals surface area (Å²) in [4.78, 5) is 18.3. The second-order valence-corrected chi connectivity index (χ2v) is 9.60. The highest BCUT2D eigenvalue weighted by Gasteiger charge is 2.66. The van der Waals surface area contributed by atoms with Crippen molar-refractivity contribution in [1.82, 2.24) is 20.0 Å². The number of amides is 1. The van der Waals surface area contributed by atoms with Crippen molar-refractivity contribution in [2.45, 2.75) is 18.2 Å². The Hall–Kier alpha value is -2.98. The first-order valence-corrected chi connectivity index (χ1v) is 11.6. The number of carbonyl (C=O) groups is 1. The van der Waals surface area contributed by atoms with Crippen LogP contribution in [0.2, 0.25) is 0 Å². The highest BCUT2D eigenvalue weighted by Crippen LogP contribution is 2.62. The summed E-state index contributed by atoms with van der Waals surface area (Å²) in [5, 5.41) is 7.63. The second-order valence-electron chi connectivity index (χ2n) is 8.52. The molecule has 2 N–H and O–H groups in total. The molecule has 1 aliphatic carbocycles. The van der Waals surface area contributed by atoms with Crippen LogP contribution in [0.3, 0.4) is 0 Å². The molecule has 1 aromatic carbocycles. The zero-order valence-corrected chi connectivity index (χ0v) is 17.9. The van der Waals surface area contributed by atoms with E-state index in [9.17, 15) is 9.18 Å². The molecule has 0 radical (unpaired) electrons. The zero-order chi connectivity index (χ0) is 21.9. The van der Waals surface area contributed by atoms with Gasteiger partial charge in [0, 0.05) is 23.5 Å². The normalized spacial score (nSPS) is 28.6. The number of halogens is 1. The summed E-state index contributed by atoms with van der Waals surface area (Å²) in [5.41, 5.74) is 8.69. The highest BCUT2D eigenvalue weighted by atomic mass is 32.2. The lowest BCUT2D eigenvalue weighted by molar-refractivity contribution is 0.129. The van der Waals surface area contributed by atoms with Crippen molar-refractivity contribution in [3.05, 3.63) is 60.4 Å². The van der Waals surface area contributed by atoms with Crippen LogP contribution in [0.5, 0.6) is 0 Å². The maximum atomic E-state index is 15.0. The average molecular weight is 453 g/mol. The maximum absolute atomic E-state index is 15.0. The maximum Gasteiger partial charge on any atom is 0.414 e. The molecule has 1 saturated carbocycles. The van der Waals surface area contributed by atoms with Gasteiger partial charge in [-0.25, -0.2) is 13.9 Å². The van der Waals surface area contributed by atoms with Crippen LogP contribution in [0.4, 0.5) is 14.9 Å². The minimum absolute atomic E-state index is 0.312. The van der Waals surface area contributed by atoms with Crippen LogP contribution in [0, 0.1) is 17.7 Å². The number of benzene rings is 1. The Morgan fingerprint density at radius 1 is 1.25 bits per heavy atom. The van der Waals surface area contributed by atoms with Gasteiger partial charge in [-0.2, -0.15) is 11.8 Å². The number of carbonyl (C=O) groups excluding carboxylic acids is 1. The lowest BCUT2D eigenvalue weighted by atomic mass is 10.0. The van der Waals surface area contributed by atoms with Crippen molar-refractivity contribution in [3.63, 3.8) is 0 Å². The molecule has 2 aliphatic heterocycles. The molecule has 164 valence electrons. The Morgan fingerprint density at radius 2 is 2.09 bits per heavy atom. The third kappa shape index (κ3) is 3.08. The molecule has 8 nitrogen and oxygen atoms in total. The number of aromatic nitrogens is 4. The van der Waals surface area contributed by atoms with Crippen LogP contribution < -0.4 is 10.6 Å². The molecule has 6 rings (SSSR count). The molecule has 0 unspecified atom stereocenters. The fourth-order valence-electron chi connectivity index (χ4n) is 4.85. The van der Waals surface area contributed by atoms with Gasteiger partial charge < -0.3 is 10.5 Å². The molecule has 0 bridgehead atoms. The average Bonchev–Trinajstić information content (AvgIpc) is 3.36. The first-order valence-electron chi connectivity index (χ1n) is 10.5. The zero-order valence-electron chi connectivity index (χ0n) is 17.1. The Morgan fingerprint density at radius 3 is 2.78 bits per heavy atom. The summed E-state index contributed by atoms with van der Waals surface area (Å²) in [6.07, 6.45) is 4.06. The van der Waals surface area contributed by atoms with Gasteiger partial charge in [0.25, 0.3) is 0 Å². The number of nitrogens with two attached hydrogens (primary N) is 1. The van der Waals surface area contributed by atoms with Gasteiger partial charge in [-0.05, 0) is 47.6 Å². The topological polar surface area (TPSA) is 99.2 Å². The summed E-state index contributed by atoms with van der Waals surface area (Å²) in [7, 11) is 0. The van der Waals surface area contributed by atoms with Crippen LogP contribution in [0.1, 0.15) is 5.69 Å². The molecule has 3 fully saturated rings. The monoisotopic (exact) mass is 452 g/mol. The number of cyclic esters (lactones) is 1. The van der Waals surface area contributed by atoms with Crippen molar-refractivity contribution in [1.29, 1.82) is 0 Å². The molecule has 32 heavy (non-hydrogen) atoms. The van der Waals surface area contributed by atoms with E-state index in [2.05, 4.69) is 15.3 Å². The van der Waals surface area contributed by atoms with Gasteiger partial charge in [-0.15, -0.1) is 5.10 Å². The van der Waals surface area contributed by atoms with Gasteiger partial charge in [0.1, 0.15) is 11.9 Å². The largest absolute Gasteiger partial charge is 0.442 e. The number of thioether (sulfide) groups is 1. The van der Waals surface area contributed by atoms with E-state index in [1.807, 2.05) is 23.9 Å². The summed E-state index contributed by atoms with van der Waals surface area (Å²) in [6, 6.07) is 8.53. The molecule has 2 aromatic heterocycles. The van der Waals surface area contributed by atoms with E-state index < -0.39 is 11.9 Å². The SMILES string of the molecule is N[C@]1(c2ccc(-c3ccc(N4C[C@H](Cn5ccnn5)OC4=O)cc3F)cn2)[C@@H]2CSC[C@@H]21. The molecule has 3 aromatic rings. The van der Waals surface area contributed by atoms with Gasteiger partial charge in [-0.3, -0.25) is 9.88 Å². The van der Waals surface area contributed by atoms with Crippen LogP contribution in [0.25, 0.3) is 11.1 Å². The predicted octanol–water partition coefficient (Wildman–Crippen LogP) is 2.65. The van der Waals surface area contributed by atoms with Crippen LogP contribution in [0.15, 0.2) is 48.9 Å². The van der Waals surface area contributed by atoms with Crippen molar-refractivity contribution in [3.8, 4) is 11.1 Å². The number of rotatable bonds is 5. The van der Waals surface area contributed by atoms with Gasteiger partial charge in [0.05, 0.1) is 36.2 Å². The standard InChI is InChI=1S/C22H21FN6O2S/c23-19-7-14(29-10-15(31-21(29)30)9-28-6-5-26-27-28)2-3-16(19)13-1-4-20(25-8-13)22(24)17-11-32-12-18(17)22/h1-8,15,17-18H,9-12,24H2/t15-,17-,18+,22-/m0/s1. The van der Waals surface area contributed by atoms with Gasteiger partial charge >= 0.3 is 6.09 Å². The molecule has 2 saturated heterocycles. The summed E-state index contributed by atoms with van der Waals surface area (Å²) < 4.78 is 22.0. The number of hydrogen-bond acceptors (Lipinski definition) is 7. The Kier molecular flexibility index (Phi) is 4.48. The van der Waals surface area contributed by atoms with E-state index in [0.29, 0.717) is 41.7 Å². The minimum atomic E-state index is -0.505. The molecular formula is C22H21FN6O2S. The first kappa shape index (κ1) is 19.7. The number of pyridine rings is 1. The number of anilines is 1. The third-order valence-corrected chi connectivity index (χ3v) is 7.91. The number of hydrogen-bond donors (Lipinski definition) is 1. The lowest BCUT2D eigenvalue weighted by Crippen LogP contribution is -2.27. The quantitative estimate of drug-likeness (QED) is 0.635. The van der Waals surface area contributed by atoms with E-state index in [-0.39, 0.29) is 11.6 Å². The molecule has 3 aliphatic rings. The van der Waals surface area contributed by atoms with Gasteiger partial charge in [0.15, 0.2) is 0 Å². The van der Waals surface area contributed by atoms with Crippen LogP contribution in [-0.4, -0.2) is 50.2 Å². The highest BCUT2D eigenvalue weighted by molar-refractivity contribution is 7.99.